The number of carbonyl (C=O) groups is 4. The van der Waals surface area contributed by atoms with E-state index in [1.54, 1.807) is 43.9 Å². The number of carbonyl (C=O) groups excluding carboxylic acids is 3. The normalized spacial score (nSPS) is 13.9. The van der Waals surface area contributed by atoms with Gasteiger partial charge in [0.15, 0.2) is 0 Å². The van der Waals surface area contributed by atoms with Crippen LogP contribution in [0, 0.1) is 0 Å². The largest absolute Gasteiger partial charge is 0.497 e. The van der Waals surface area contributed by atoms with Crippen molar-refractivity contribution in [2.75, 3.05) is 20.2 Å². The molecule has 0 bridgehead atoms. The molecule has 2 aromatic rings. The highest BCUT2D eigenvalue weighted by Gasteiger charge is 2.30. The summed E-state index contributed by atoms with van der Waals surface area (Å²) in [6, 6.07) is 7.89. The lowest BCUT2D eigenvalue weighted by Gasteiger charge is -2.29. The van der Waals surface area contributed by atoms with E-state index in [0.29, 0.717) is 30.1 Å². The molecule has 2 heterocycles. The fourth-order valence-corrected chi connectivity index (χ4v) is 4.42. The SMILES string of the molecule is COc1cccc(OC(C(=O)O)C(=O)CNC(=O)c2cc3c(s2)CCN(C(=O)OC(C)(C)C)C3)c1. The van der Waals surface area contributed by atoms with Crippen molar-refractivity contribution in [3.8, 4) is 11.5 Å². The van der Waals surface area contributed by atoms with Crippen LogP contribution in [0.4, 0.5) is 4.79 Å². The summed E-state index contributed by atoms with van der Waals surface area (Å²) < 4.78 is 15.8. The van der Waals surface area contributed by atoms with Crippen LogP contribution in [0.3, 0.4) is 0 Å². The number of hydrogen-bond acceptors (Lipinski definition) is 8. The number of rotatable bonds is 8. The molecule has 11 heteroatoms. The number of benzene rings is 1. The molecule has 10 nitrogen and oxygen atoms in total. The van der Waals surface area contributed by atoms with Crippen molar-refractivity contribution in [3.05, 3.63) is 45.6 Å². The van der Waals surface area contributed by atoms with Crippen LogP contribution in [0.2, 0.25) is 0 Å². The number of hydrogen-bond donors (Lipinski definition) is 2. The smallest absolute Gasteiger partial charge is 0.410 e. The van der Waals surface area contributed by atoms with E-state index >= 15 is 0 Å². The molecule has 1 atom stereocenters. The second kappa shape index (κ2) is 10.8. The van der Waals surface area contributed by atoms with E-state index < -0.39 is 42.0 Å². The summed E-state index contributed by atoms with van der Waals surface area (Å²) in [6.45, 7) is 5.67. The van der Waals surface area contributed by atoms with Crippen LogP contribution in [0.1, 0.15) is 40.9 Å². The van der Waals surface area contributed by atoms with E-state index in [-0.39, 0.29) is 5.75 Å². The number of ether oxygens (including phenoxy) is 3. The monoisotopic (exact) mass is 504 g/mol. The molecule has 3 rings (SSSR count). The number of Topliss-reactive ketones (excluding diaryl/α,β-unsaturated/α-hetero) is 1. The second-order valence-electron chi connectivity index (χ2n) is 8.88. The predicted molar refractivity (Wildman–Crippen MR) is 127 cm³/mol. The molecule has 0 aliphatic carbocycles. The van der Waals surface area contributed by atoms with Gasteiger partial charge in [0, 0.05) is 17.5 Å². The lowest BCUT2D eigenvalue weighted by atomic mass is 10.1. The Labute approximate surface area is 206 Å². The third kappa shape index (κ3) is 6.95. The Hall–Kier alpha value is -3.60. The molecular weight excluding hydrogens is 476 g/mol. The van der Waals surface area contributed by atoms with Gasteiger partial charge in [-0.25, -0.2) is 9.59 Å². The first-order valence-corrected chi connectivity index (χ1v) is 11.7. The summed E-state index contributed by atoms with van der Waals surface area (Å²) in [5.41, 5.74) is 0.238. The van der Waals surface area contributed by atoms with Gasteiger partial charge in [0.25, 0.3) is 12.0 Å². The van der Waals surface area contributed by atoms with E-state index in [0.717, 1.165) is 10.4 Å². The Morgan fingerprint density at radius 2 is 1.89 bits per heavy atom. The zero-order valence-electron chi connectivity index (χ0n) is 20.0. The van der Waals surface area contributed by atoms with Gasteiger partial charge in [0.1, 0.15) is 17.1 Å². The molecule has 0 saturated heterocycles. The molecule has 0 spiro atoms. The van der Waals surface area contributed by atoms with Crippen molar-refractivity contribution >= 4 is 35.1 Å². The first-order chi connectivity index (χ1) is 16.5. The summed E-state index contributed by atoms with van der Waals surface area (Å²) in [5.74, 6) is -2.20. The van der Waals surface area contributed by atoms with Crippen LogP contribution in [-0.2, 0) is 27.3 Å². The number of fused-ring (bicyclic) bond motifs is 1. The van der Waals surface area contributed by atoms with Crippen LogP contribution in [0.15, 0.2) is 30.3 Å². The molecule has 1 aromatic carbocycles. The van der Waals surface area contributed by atoms with Crippen LogP contribution in [-0.4, -0.2) is 65.7 Å². The van der Waals surface area contributed by atoms with Crippen molar-refractivity contribution in [2.24, 2.45) is 0 Å². The summed E-state index contributed by atoms with van der Waals surface area (Å²) in [7, 11) is 1.45. The summed E-state index contributed by atoms with van der Waals surface area (Å²) in [5, 5.41) is 11.9. The minimum atomic E-state index is -1.79. The van der Waals surface area contributed by atoms with Gasteiger partial charge in [-0.15, -0.1) is 11.3 Å². The van der Waals surface area contributed by atoms with E-state index in [1.165, 1.54) is 30.6 Å². The molecule has 0 fully saturated rings. The van der Waals surface area contributed by atoms with Crippen LogP contribution >= 0.6 is 11.3 Å². The molecule has 0 saturated carbocycles. The third-order valence-electron chi connectivity index (χ3n) is 4.98. The van der Waals surface area contributed by atoms with Crippen LogP contribution in [0.25, 0.3) is 0 Å². The Morgan fingerprint density at radius 1 is 1.17 bits per heavy atom. The van der Waals surface area contributed by atoms with Gasteiger partial charge in [-0.05, 0) is 51.0 Å². The zero-order valence-corrected chi connectivity index (χ0v) is 20.8. The maximum atomic E-state index is 12.6. The van der Waals surface area contributed by atoms with Crippen molar-refractivity contribution in [3.63, 3.8) is 0 Å². The number of aliphatic carboxylic acids is 1. The summed E-state index contributed by atoms with van der Waals surface area (Å²) >= 11 is 1.28. The average Bonchev–Trinajstić information content (AvgIpc) is 3.23. The van der Waals surface area contributed by atoms with Gasteiger partial charge in [-0.2, -0.15) is 0 Å². The Bertz CT molecular complexity index is 1120. The van der Waals surface area contributed by atoms with E-state index in [2.05, 4.69) is 5.32 Å². The van der Waals surface area contributed by atoms with Crippen molar-refractivity contribution < 1.29 is 38.5 Å². The Balaban J connectivity index is 1.59. The maximum Gasteiger partial charge on any atom is 0.410 e. The molecule has 35 heavy (non-hydrogen) atoms. The van der Waals surface area contributed by atoms with Gasteiger partial charge < -0.3 is 29.5 Å². The van der Waals surface area contributed by atoms with E-state index in [1.807, 2.05) is 0 Å². The number of ketones is 1. The van der Waals surface area contributed by atoms with Gasteiger partial charge in [-0.3, -0.25) is 9.59 Å². The predicted octanol–water partition coefficient (Wildman–Crippen LogP) is 2.88. The zero-order chi connectivity index (χ0) is 25.8. The van der Waals surface area contributed by atoms with Gasteiger partial charge in [0.05, 0.1) is 25.1 Å². The van der Waals surface area contributed by atoms with Gasteiger partial charge >= 0.3 is 12.1 Å². The molecule has 2 amide bonds. The minimum Gasteiger partial charge on any atom is -0.497 e. The average molecular weight is 505 g/mol. The van der Waals surface area contributed by atoms with Crippen molar-refractivity contribution in [1.82, 2.24) is 10.2 Å². The number of amides is 2. The molecule has 1 unspecified atom stereocenters. The van der Waals surface area contributed by atoms with Crippen molar-refractivity contribution in [1.29, 1.82) is 0 Å². The van der Waals surface area contributed by atoms with Crippen LogP contribution in [0.5, 0.6) is 11.5 Å². The Morgan fingerprint density at radius 3 is 2.54 bits per heavy atom. The highest BCUT2D eigenvalue weighted by atomic mass is 32.1. The summed E-state index contributed by atoms with van der Waals surface area (Å²) in [6.07, 6.45) is -1.62. The van der Waals surface area contributed by atoms with E-state index in [4.69, 9.17) is 14.2 Å². The van der Waals surface area contributed by atoms with E-state index in [9.17, 15) is 24.3 Å². The number of nitrogens with one attached hydrogen (secondary N) is 1. The third-order valence-corrected chi connectivity index (χ3v) is 6.21. The second-order valence-corrected chi connectivity index (χ2v) is 10.0. The number of carboxylic acid groups (broad SMARTS) is 1. The summed E-state index contributed by atoms with van der Waals surface area (Å²) in [4.78, 5) is 52.0. The number of methoxy groups -OCH3 is 1. The first kappa shape index (κ1) is 26.0. The number of carboxylic acids is 1. The molecule has 0 radical (unpaired) electrons. The molecule has 1 aliphatic heterocycles. The number of thiophene rings is 1. The lowest BCUT2D eigenvalue weighted by molar-refractivity contribution is -0.150. The maximum absolute atomic E-state index is 12.6. The molecule has 1 aliphatic rings. The van der Waals surface area contributed by atoms with Gasteiger partial charge in [-0.1, -0.05) is 6.07 Å². The Kier molecular flexibility index (Phi) is 8.00. The molecular formula is C24H28N2O8S. The standard InChI is InChI=1S/C24H28N2O8S/c1-24(2,3)34-23(31)26-9-8-18-14(13-26)10-19(35-18)21(28)25-12-17(27)20(22(29)30)33-16-7-5-6-15(11-16)32-4/h5-7,10-11,20H,8-9,12-13H2,1-4H3,(H,25,28)(H,29,30). The fraction of sp³-hybridized carbons (Fsp3) is 0.417. The topological polar surface area (TPSA) is 131 Å². The highest BCUT2D eigenvalue weighted by Crippen LogP contribution is 2.29. The van der Waals surface area contributed by atoms with Crippen LogP contribution < -0.4 is 14.8 Å². The molecule has 188 valence electrons. The molecule has 1 aromatic heterocycles. The first-order valence-electron chi connectivity index (χ1n) is 10.9. The van der Waals surface area contributed by atoms with Gasteiger partial charge in [0.2, 0.25) is 5.78 Å². The van der Waals surface area contributed by atoms with Crippen molar-refractivity contribution in [2.45, 2.75) is 45.4 Å². The molecule has 2 N–H and O–H groups in total. The highest BCUT2D eigenvalue weighted by molar-refractivity contribution is 7.14. The lowest BCUT2D eigenvalue weighted by Crippen LogP contribution is -2.42. The quantitative estimate of drug-likeness (QED) is 0.525. The fourth-order valence-electron chi connectivity index (χ4n) is 3.34. The number of nitrogens with zero attached hydrogens (tertiary/aromatic N) is 1. The minimum absolute atomic E-state index is 0.150.